The predicted octanol–water partition coefficient (Wildman–Crippen LogP) is 3.88. The summed E-state index contributed by atoms with van der Waals surface area (Å²) in [6.45, 7) is 5.72. The summed E-state index contributed by atoms with van der Waals surface area (Å²) in [4.78, 5) is 14.7. The summed E-state index contributed by atoms with van der Waals surface area (Å²) in [5.41, 5.74) is 4.86. The Morgan fingerprint density at radius 2 is 1.97 bits per heavy atom. The summed E-state index contributed by atoms with van der Waals surface area (Å²) in [7, 11) is 0. The number of aromatic nitrogens is 2. The van der Waals surface area contributed by atoms with Gasteiger partial charge < -0.3 is 15.5 Å². The van der Waals surface area contributed by atoms with Crippen LogP contribution in [0.25, 0.3) is 23.1 Å². The molecular formula is C23H27N5O. The number of fused-ring (bicyclic) bond motifs is 1. The Hall–Kier alpha value is -3.12. The van der Waals surface area contributed by atoms with Crippen LogP contribution in [-0.2, 0) is 4.79 Å². The zero-order chi connectivity index (χ0) is 20.1. The Morgan fingerprint density at radius 3 is 2.72 bits per heavy atom. The Bertz CT molecular complexity index is 1000. The molecule has 4 rings (SSSR count). The van der Waals surface area contributed by atoms with Gasteiger partial charge in [0.15, 0.2) is 0 Å². The lowest BCUT2D eigenvalue weighted by Crippen LogP contribution is -2.43. The van der Waals surface area contributed by atoms with Gasteiger partial charge in [0.2, 0.25) is 5.91 Å². The van der Waals surface area contributed by atoms with Crippen molar-refractivity contribution in [2.45, 2.75) is 19.8 Å². The molecule has 1 fully saturated rings. The molecule has 6 nitrogen and oxygen atoms in total. The van der Waals surface area contributed by atoms with Gasteiger partial charge in [0, 0.05) is 38.0 Å². The fraction of sp³-hybridized carbons (Fsp3) is 0.304. The quantitative estimate of drug-likeness (QED) is 0.598. The third-order valence-electron chi connectivity index (χ3n) is 5.15. The number of carbonyl (C=O) groups is 1. The van der Waals surface area contributed by atoms with Gasteiger partial charge in [-0.3, -0.25) is 9.89 Å². The number of H-pyrrole nitrogens is 1. The number of hydrogen-bond donors (Lipinski definition) is 3. The van der Waals surface area contributed by atoms with Gasteiger partial charge in [-0.15, -0.1) is 0 Å². The second-order valence-corrected chi connectivity index (χ2v) is 7.30. The van der Waals surface area contributed by atoms with Gasteiger partial charge in [0.05, 0.1) is 22.6 Å². The molecule has 150 valence electrons. The molecule has 0 unspecified atom stereocenters. The van der Waals surface area contributed by atoms with E-state index >= 15 is 0 Å². The van der Waals surface area contributed by atoms with Crippen LogP contribution in [0.2, 0.25) is 0 Å². The molecule has 29 heavy (non-hydrogen) atoms. The minimum atomic E-state index is 0.0492. The summed E-state index contributed by atoms with van der Waals surface area (Å²) in [5, 5.41) is 15.2. The monoisotopic (exact) mass is 389 g/mol. The normalized spacial score (nSPS) is 14.6. The van der Waals surface area contributed by atoms with Gasteiger partial charge in [0.1, 0.15) is 0 Å². The van der Waals surface area contributed by atoms with Crippen molar-refractivity contribution < 1.29 is 4.79 Å². The fourth-order valence-electron chi connectivity index (χ4n) is 3.65. The van der Waals surface area contributed by atoms with Crippen LogP contribution in [-0.4, -0.2) is 42.3 Å². The van der Waals surface area contributed by atoms with Crippen molar-refractivity contribution in [2.75, 3.05) is 36.4 Å². The molecule has 1 aliphatic rings. The summed E-state index contributed by atoms with van der Waals surface area (Å²) in [6, 6.07) is 14.3. The number of hydrogen-bond acceptors (Lipinski definition) is 4. The maximum atomic E-state index is 12.3. The van der Waals surface area contributed by atoms with E-state index in [2.05, 4.69) is 56.1 Å². The first-order chi connectivity index (χ1) is 14.2. The van der Waals surface area contributed by atoms with E-state index in [1.807, 2.05) is 31.2 Å². The Morgan fingerprint density at radius 1 is 1.17 bits per heavy atom. The summed E-state index contributed by atoms with van der Waals surface area (Å²) < 4.78 is 0. The van der Waals surface area contributed by atoms with Gasteiger partial charge in [-0.05, 0) is 30.2 Å². The van der Waals surface area contributed by atoms with Crippen LogP contribution in [0.5, 0.6) is 0 Å². The Kier molecular flexibility index (Phi) is 5.91. The average Bonchev–Trinajstić information content (AvgIpc) is 3.15. The van der Waals surface area contributed by atoms with E-state index in [4.69, 9.17) is 0 Å². The van der Waals surface area contributed by atoms with Crippen molar-refractivity contribution in [3.63, 3.8) is 0 Å². The van der Waals surface area contributed by atoms with E-state index < -0.39 is 0 Å². The third-order valence-corrected chi connectivity index (χ3v) is 5.15. The lowest BCUT2D eigenvalue weighted by atomic mass is 10.1. The smallest absolute Gasteiger partial charge is 0.224 e. The maximum absolute atomic E-state index is 12.3. The molecule has 0 saturated carbocycles. The first-order valence-electron chi connectivity index (χ1n) is 10.3. The second-order valence-electron chi connectivity index (χ2n) is 7.30. The van der Waals surface area contributed by atoms with Crippen molar-refractivity contribution in [3.05, 3.63) is 53.7 Å². The van der Waals surface area contributed by atoms with Crippen molar-refractivity contribution in [3.8, 4) is 0 Å². The van der Waals surface area contributed by atoms with E-state index in [0.29, 0.717) is 6.42 Å². The van der Waals surface area contributed by atoms with Gasteiger partial charge in [0.25, 0.3) is 0 Å². The zero-order valence-corrected chi connectivity index (χ0v) is 16.7. The lowest BCUT2D eigenvalue weighted by molar-refractivity contribution is -0.116. The molecule has 3 N–H and O–H groups in total. The molecular weight excluding hydrogens is 362 g/mol. The minimum absolute atomic E-state index is 0.0492. The lowest BCUT2D eigenvalue weighted by Gasteiger charge is -2.31. The highest BCUT2D eigenvalue weighted by Crippen LogP contribution is 2.33. The Labute approximate surface area is 171 Å². The van der Waals surface area contributed by atoms with Crippen LogP contribution >= 0.6 is 0 Å². The van der Waals surface area contributed by atoms with Crippen LogP contribution in [0, 0.1) is 0 Å². The molecule has 1 saturated heterocycles. The van der Waals surface area contributed by atoms with Crippen LogP contribution in [0.1, 0.15) is 31.0 Å². The number of nitrogens with one attached hydrogen (secondary N) is 3. The number of aromatic amines is 1. The van der Waals surface area contributed by atoms with Crippen LogP contribution in [0.3, 0.4) is 0 Å². The third kappa shape index (κ3) is 4.49. The topological polar surface area (TPSA) is 73.0 Å². The summed E-state index contributed by atoms with van der Waals surface area (Å²) in [5.74, 6) is 0.0492. The van der Waals surface area contributed by atoms with Crippen molar-refractivity contribution in [2.24, 2.45) is 0 Å². The second kappa shape index (κ2) is 8.92. The van der Waals surface area contributed by atoms with Gasteiger partial charge in [-0.25, -0.2) is 0 Å². The van der Waals surface area contributed by atoms with Crippen molar-refractivity contribution in [1.82, 2.24) is 15.5 Å². The number of anilines is 2. The van der Waals surface area contributed by atoms with Gasteiger partial charge in [-0.2, -0.15) is 5.10 Å². The number of nitrogens with zero attached hydrogens (tertiary/aromatic N) is 2. The fourth-order valence-corrected chi connectivity index (χ4v) is 3.65. The molecule has 0 bridgehead atoms. The van der Waals surface area contributed by atoms with Crippen LogP contribution in [0.4, 0.5) is 11.4 Å². The maximum Gasteiger partial charge on any atom is 0.224 e. The van der Waals surface area contributed by atoms with E-state index in [1.54, 1.807) is 0 Å². The zero-order valence-electron chi connectivity index (χ0n) is 16.7. The minimum Gasteiger partial charge on any atom is -0.367 e. The molecule has 6 heteroatoms. The van der Waals surface area contributed by atoms with E-state index in [0.717, 1.165) is 66.1 Å². The molecule has 1 amide bonds. The number of piperazine rings is 1. The van der Waals surface area contributed by atoms with Crippen LogP contribution < -0.4 is 15.5 Å². The molecule has 0 atom stereocenters. The van der Waals surface area contributed by atoms with Gasteiger partial charge >= 0.3 is 0 Å². The van der Waals surface area contributed by atoms with E-state index in [-0.39, 0.29) is 5.91 Å². The molecule has 3 aromatic rings. The Balaban J connectivity index is 1.71. The summed E-state index contributed by atoms with van der Waals surface area (Å²) in [6.07, 6.45) is 5.41. The highest BCUT2D eigenvalue weighted by atomic mass is 16.1. The van der Waals surface area contributed by atoms with Gasteiger partial charge in [-0.1, -0.05) is 43.3 Å². The summed E-state index contributed by atoms with van der Waals surface area (Å²) >= 11 is 0. The SMILES string of the molecule is CCCC(=O)Nc1cc2c(/C=C/c3ccccc3)n[nH]c2cc1N1CCNCC1. The number of amides is 1. The highest BCUT2D eigenvalue weighted by Gasteiger charge is 2.18. The molecule has 1 aliphatic heterocycles. The first-order valence-corrected chi connectivity index (χ1v) is 10.3. The van der Waals surface area contributed by atoms with Crippen molar-refractivity contribution >= 4 is 40.3 Å². The van der Waals surface area contributed by atoms with Crippen molar-refractivity contribution in [1.29, 1.82) is 0 Å². The average molecular weight is 390 g/mol. The number of carbonyl (C=O) groups excluding carboxylic acids is 1. The molecule has 0 aliphatic carbocycles. The highest BCUT2D eigenvalue weighted by molar-refractivity contribution is 6.01. The molecule has 2 aromatic carbocycles. The molecule has 0 radical (unpaired) electrons. The van der Waals surface area contributed by atoms with E-state index in [9.17, 15) is 4.79 Å². The number of benzene rings is 2. The largest absolute Gasteiger partial charge is 0.367 e. The predicted molar refractivity (Wildman–Crippen MR) is 120 cm³/mol. The van der Waals surface area contributed by atoms with E-state index in [1.165, 1.54) is 0 Å². The molecule has 0 spiro atoms. The number of rotatable bonds is 6. The molecule has 1 aromatic heterocycles. The van der Waals surface area contributed by atoms with Crippen LogP contribution in [0.15, 0.2) is 42.5 Å². The first kappa shape index (κ1) is 19.2. The standard InChI is InChI=1S/C23H27N5O/c1-2-6-23(29)25-21-15-18-19(10-9-17-7-4-3-5-8-17)26-27-20(18)16-22(21)28-13-11-24-12-14-28/h3-5,7-10,15-16,24H,2,6,11-14H2,1H3,(H,25,29)(H,26,27)/b10-9+. The molecule has 2 heterocycles.